The number of rotatable bonds is 5. The lowest BCUT2D eigenvalue weighted by Crippen LogP contribution is -2.18. The molecule has 2 aromatic rings. The van der Waals surface area contributed by atoms with E-state index in [-0.39, 0.29) is 0 Å². The molecule has 1 aromatic heterocycles. The Hall–Kier alpha value is -0.360. The summed E-state index contributed by atoms with van der Waals surface area (Å²) in [5, 5.41) is 3.58. The molecule has 1 aromatic carbocycles. The van der Waals surface area contributed by atoms with Crippen molar-refractivity contribution in [2.45, 2.75) is 33.4 Å². The number of benzene rings is 1. The van der Waals surface area contributed by atoms with E-state index in [4.69, 9.17) is 4.74 Å². The Morgan fingerprint density at radius 1 is 1.24 bits per heavy atom. The van der Waals surface area contributed by atoms with Gasteiger partial charge in [-0.25, -0.2) is 0 Å². The second kappa shape index (κ2) is 7.27. The van der Waals surface area contributed by atoms with Gasteiger partial charge in [-0.05, 0) is 60.5 Å². The highest BCUT2D eigenvalue weighted by Crippen LogP contribution is 2.33. The van der Waals surface area contributed by atoms with Crippen molar-refractivity contribution in [3.63, 3.8) is 0 Å². The van der Waals surface area contributed by atoms with Gasteiger partial charge < -0.3 is 10.1 Å². The van der Waals surface area contributed by atoms with E-state index < -0.39 is 0 Å². The van der Waals surface area contributed by atoms with Crippen LogP contribution < -0.4 is 10.1 Å². The molecule has 5 heteroatoms. The van der Waals surface area contributed by atoms with Crippen LogP contribution in [0.2, 0.25) is 0 Å². The van der Waals surface area contributed by atoms with Gasteiger partial charge in [-0.15, -0.1) is 11.3 Å². The summed E-state index contributed by atoms with van der Waals surface area (Å²) in [6.45, 7) is 7.30. The van der Waals surface area contributed by atoms with Gasteiger partial charge in [0.15, 0.2) is 0 Å². The lowest BCUT2D eigenvalue weighted by atomic mass is 10.1. The van der Waals surface area contributed by atoms with Crippen LogP contribution in [-0.4, -0.2) is 7.11 Å². The van der Waals surface area contributed by atoms with Gasteiger partial charge in [0, 0.05) is 32.4 Å². The van der Waals surface area contributed by atoms with Crippen molar-refractivity contribution in [2.24, 2.45) is 0 Å². The zero-order valence-corrected chi connectivity index (χ0v) is 16.6. The Balaban J connectivity index is 2.14. The zero-order valence-electron chi connectivity index (χ0n) is 12.6. The number of ether oxygens (including phenoxy) is 1. The molecule has 0 saturated heterocycles. The van der Waals surface area contributed by atoms with Gasteiger partial charge in [-0.3, -0.25) is 0 Å². The predicted molar refractivity (Wildman–Crippen MR) is 97.4 cm³/mol. The van der Waals surface area contributed by atoms with E-state index in [0.717, 1.165) is 26.8 Å². The normalized spacial score (nSPS) is 12.5. The van der Waals surface area contributed by atoms with Gasteiger partial charge in [-0.2, -0.15) is 0 Å². The van der Waals surface area contributed by atoms with E-state index in [2.05, 4.69) is 70.1 Å². The molecule has 2 nitrogen and oxygen atoms in total. The third kappa shape index (κ3) is 4.09. The minimum Gasteiger partial charge on any atom is -0.495 e. The molecule has 114 valence electrons. The first kappa shape index (κ1) is 17.0. The summed E-state index contributed by atoms with van der Waals surface area (Å²) in [6.07, 6.45) is 0. The van der Waals surface area contributed by atoms with Gasteiger partial charge in [0.05, 0.1) is 11.6 Å². The maximum atomic E-state index is 5.49. The Bertz CT molecular complexity index is 639. The minimum absolute atomic E-state index is 0.317. The van der Waals surface area contributed by atoms with Gasteiger partial charge in [0.2, 0.25) is 0 Å². The van der Waals surface area contributed by atoms with Crippen molar-refractivity contribution >= 4 is 43.2 Å². The molecule has 1 heterocycles. The van der Waals surface area contributed by atoms with Crippen LogP contribution in [0.4, 0.5) is 0 Å². The van der Waals surface area contributed by atoms with E-state index >= 15 is 0 Å². The van der Waals surface area contributed by atoms with Crippen LogP contribution >= 0.6 is 43.2 Å². The summed E-state index contributed by atoms with van der Waals surface area (Å²) in [7, 11) is 1.70. The van der Waals surface area contributed by atoms with Crippen molar-refractivity contribution in [3.05, 3.63) is 48.0 Å². The first-order valence-electron chi connectivity index (χ1n) is 6.74. The Morgan fingerprint density at radius 2 is 1.95 bits per heavy atom. The number of methoxy groups -OCH3 is 1. The summed E-state index contributed by atoms with van der Waals surface area (Å²) >= 11 is 8.93. The standard InChI is InChI=1S/C16H19Br2NOS/c1-9-5-14(11(3)21-9)10(2)19-8-12-6-13(17)7-15(18)16(12)20-4/h5-7,10,19H,8H2,1-4H3. The second-order valence-corrected chi connectivity index (χ2v) is 8.28. The fourth-order valence-corrected chi connectivity index (χ4v) is 4.92. The number of thiophene rings is 1. The molecule has 2 rings (SSSR count). The van der Waals surface area contributed by atoms with Crippen LogP contribution in [0.5, 0.6) is 5.75 Å². The van der Waals surface area contributed by atoms with Crippen LogP contribution in [0.25, 0.3) is 0 Å². The molecule has 0 aliphatic carbocycles. The van der Waals surface area contributed by atoms with E-state index in [0.29, 0.717) is 6.04 Å². The Kier molecular flexibility index (Phi) is 5.88. The van der Waals surface area contributed by atoms with E-state index in [1.54, 1.807) is 7.11 Å². The van der Waals surface area contributed by atoms with E-state index in [1.807, 2.05) is 17.4 Å². The highest BCUT2D eigenvalue weighted by Gasteiger charge is 2.13. The van der Waals surface area contributed by atoms with Crippen LogP contribution in [0.3, 0.4) is 0 Å². The molecule has 0 fully saturated rings. The van der Waals surface area contributed by atoms with Crippen LogP contribution in [0.1, 0.15) is 33.8 Å². The average molecular weight is 433 g/mol. The molecule has 1 unspecified atom stereocenters. The van der Waals surface area contributed by atoms with Crippen LogP contribution in [0, 0.1) is 13.8 Å². The molecule has 0 radical (unpaired) electrons. The van der Waals surface area contributed by atoms with E-state index in [1.165, 1.54) is 15.3 Å². The SMILES string of the molecule is COc1c(Br)cc(Br)cc1CNC(C)c1cc(C)sc1C. The molecule has 0 spiro atoms. The van der Waals surface area contributed by atoms with Crippen LogP contribution in [0.15, 0.2) is 27.1 Å². The minimum atomic E-state index is 0.317. The molecule has 1 N–H and O–H groups in total. The van der Waals surface area contributed by atoms with Crippen molar-refractivity contribution in [3.8, 4) is 5.75 Å². The molecule has 0 aliphatic rings. The maximum absolute atomic E-state index is 5.49. The Labute approximate surface area is 147 Å². The van der Waals surface area contributed by atoms with Gasteiger partial charge in [0.25, 0.3) is 0 Å². The number of nitrogens with one attached hydrogen (secondary N) is 1. The molecule has 1 atom stereocenters. The maximum Gasteiger partial charge on any atom is 0.137 e. The predicted octanol–water partition coefficient (Wildman–Crippen LogP) is 5.75. The number of hydrogen-bond acceptors (Lipinski definition) is 3. The summed E-state index contributed by atoms with van der Waals surface area (Å²) in [5.41, 5.74) is 2.51. The highest BCUT2D eigenvalue weighted by molar-refractivity contribution is 9.11. The fraction of sp³-hybridized carbons (Fsp3) is 0.375. The molecule has 0 bridgehead atoms. The molecular formula is C16H19Br2NOS. The molecular weight excluding hydrogens is 414 g/mol. The fourth-order valence-electron chi connectivity index (χ4n) is 2.43. The van der Waals surface area contributed by atoms with Gasteiger partial charge >= 0.3 is 0 Å². The van der Waals surface area contributed by atoms with Crippen molar-refractivity contribution in [1.82, 2.24) is 5.32 Å². The Morgan fingerprint density at radius 3 is 2.52 bits per heavy atom. The second-order valence-electron chi connectivity index (χ2n) is 5.05. The first-order chi connectivity index (χ1) is 9.92. The molecule has 21 heavy (non-hydrogen) atoms. The first-order valence-corrected chi connectivity index (χ1v) is 9.14. The summed E-state index contributed by atoms with van der Waals surface area (Å²) in [5.74, 6) is 0.885. The zero-order chi connectivity index (χ0) is 15.6. The van der Waals surface area contributed by atoms with Crippen LogP contribution in [-0.2, 0) is 6.54 Å². The largest absolute Gasteiger partial charge is 0.495 e. The molecule has 0 aliphatic heterocycles. The third-order valence-corrected chi connectivity index (χ3v) is 5.46. The quantitative estimate of drug-likeness (QED) is 0.649. The monoisotopic (exact) mass is 431 g/mol. The average Bonchev–Trinajstić information content (AvgIpc) is 2.74. The summed E-state index contributed by atoms with van der Waals surface area (Å²) in [6, 6.07) is 6.68. The topological polar surface area (TPSA) is 21.3 Å². The highest BCUT2D eigenvalue weighted by atomic mass is 79.9. The van der Waals surface area contributed by atoms with Crippen molar-refractivity contribution in [2.75, 3.05) is 7.11 Å². The third-order valence-electron chi connectivity index (χ3n) is 3.43. The smallest absolute Gasteiger partial charge is 0.137 e. The van der Waals surface area contributed by atoms with Crippen molar-refractivity contribution < 1.29 is 4.74 Å². The van der Waals surface area contributed by atoms with Gasteiger partial charge in [-0.1, -0.05) is 15.9 Å². The number of hydrogen-bond donors (Lipinski definition) is 1. The van der Waals surface area contributed by atoms with Crippen molar-refractivity contribution in [1.29, 1.82) is 0 Å². The summed E-state index contributed by atoms with van der Waals surface area (Å²) in [4.78, 5) is 2.74. The van der Waals surface area contributed by atoms with E-state index in [9.17, 15) is 0 Å². The lowest BCUT2D eigenvalue weighted by Gasteiger charge is -2.17. The molecule has 0 saturated carbocycles. The molecule has 0 amide bonds. The number of halogens is 2. The lowest BCUT2D eigenvalue weighted by molar-refractivity contribution is 0.403. The van der Waals surface area contributed by atoms with Gasteiger partial charge in [0.1, 0.15) is 5.75 Å². The number of aryl methyl sites for hydroxylation is 2. The summed E-state index contributed by atoms with van der Waals surface area (Å²) < 4.78 is 7.50.